The Morgan fingerprint density at radius 1 is 0.857 bits per heavy atom. The van der Waals surface area contributed by atoms with Crippen LogP contribution in [0.1, 0.15) is 11.5 Å². The van der Waals surface area contributed by atoms with E-state index in [1.165, 1.54) is 12.4 Å². The van der Waals surface area contributed by atoms with Crippen molar-refractivity contribution in [3.8, 4) is 0 Å². The Morgan fingerprint density at radius 2 is 1.36 bits per heavy atom. The van der Waals surface area contributed by atoms with Crippen molar-refractivity contribution < 1.29 is 8.83 Å². The fourth-order valence-corrected chi connectivity index (χ4v) is 0.910. The minimum atomic E-state index is 0.668. The first-order chi connectivity index (χ1) is 6.95. The average Bonchev–Trinajstić information content (AvgIpc) is 2.86. The molecule has 14 heavy (non-hydrogen) atoms. The third kappa shape index (κ3) is 2.20. The minimum Gasteiger partial charge on any atom is -0.463 e. The van der Waals surface area contributed by atoms with Gasteiger partial charge in [-0.05, 0) is 24.3 Å². The first-order valence-corrected chi connectivity index (χ1v) is 4.08. The SMILES string of the molecule is C(=N\N=C\c1ccco1)/c1ccco1. The highest BCUT2D eigenvalue weighted by molar-refractivity contribution is 5.78. The van der Waals surface area contributed by atoms with Gasteiger partial charge in [0.15, 0.2) is 0 Å². The van der Waals surface area contributed by atoms with Crippen molar-refractivity contribution in [2.45, 2.75) is 0 Å². The second-order valence-corrected chi connectivity index (χ2v) is 2.52. The summed E-state index contributed by atoms with van der Waals surface area (Å²) in [6, 6.07) is 7.17. The summed E-state index contributed by atoms with van der Waals surface area (Å²) in [7, 11) is 0. The maximum absolute atomic E-state index is 5.02. The molecule has 0 aromatic carbocycles. The summed E-state index contributed by atoms with van der Waals surface area (Å²) in [5, 5.41) is 7.56. The number of hydrogen-bond donors (Lipinski definition) is 0. The quantitative estimate of drug-likeness (QED) is 0.548. The predicted octanol–water partition coefficient (Wildman–Crippen LogP) is 2.33. The van der Waals surface area contributed by atoms with Crippen LogP contribution >= 0.6 is 0 Å². The van der Waals surface area contributed by atoms with E-state index in [4.69, 9.17) is 8.83 Å². The molecule has 4 nitrogen and oxygen atoms in total. The van der Waals surface area contributed by atoms with Gasteiger partial charge in [0.25, 0.3) is 0 Å². The summed E-state index contributed by atoms with van der Waals surface area (Å²) in [4.78, 5) is 0. The fraction of sp³-hybridized carbons (Fsp3) is 0. The van der Waals surface area contributed by atoms with E-state index in [0.717, 1.165) is 0 Å². The molecule has 0 spiro atoms. The van der Waals surface area contributed by atoms with Gasteiger partial charge in [0.1, 0.15) is 11.5 Å². The normalized spacial score (nSPS) is 11.7. The molecule has 0 N–H and O–H groups in total. The van der Waals surface area contributed by atoms with Crippen LogP contribution in [0.3, 0.4) is 0 Å². The standard InChI is InChI=1S/C10H8N2O2/c1-3-9(13-5-1)7-11-12-8-10-4-2-6-14-10/h1-8H/b11-7+,12-8+. The number of hydrogen-bond acceptors (Lipinski definition) is 4. The first-order valence-electron chi connectivity index (χ1n) is 4.08. The van der Waals surface area contributed by atoms with E-state index in [2.05, 4.69) is 10.2 Å². The summed E-state index contributed by atoms with van der Waals surface area (Å²) >= 11 is 0. The van der Waals surface area contributed by atoms with Gasteiger partial charge in [-0.3, -0.25) is 0 Å². The van der Waals surface area contributed by atoms with Crippen molar-refractivity contribution in [2.24, 2.45) is 10.2 Å². The van der Waals surface area contributed by atoms with Crippen molar-refractivity contribution in [2.75, 3.05) is 0 Å². The summed E-state index contributed by atoms with van der Waals surface area (Å²) in [5.41, 5.74) is 0. The molecule has 0 bridgehead atoms. The van der Waals surface area contributed by atoms with E-state index in [-0.39, 0.29) is 0 Å². The summed E-state index contributed by atoms with van der Waals surface area (Å²) in [6.45, 7) is 0. The Labute approximate surface area is 80.6 Å². The van der Waals surface area contributed by atoms with Gasteiger partial charge < -0.3 is 8.83 Å². The van der Waals surface area contributed by atoms with Gasteiger partial charge in [0, 0.05) is 0 Å². The molecule has 2 aromatic heterocycles. The van der Waals surface area contributed by atoms with Gasteiger partial charge in [-0.15, -0.1) is 0 Å². The van der Waals surface area contributed by atoms with Crippen LogP contribution in [0.2, 0.25) is 0 Å². The highest BCUT2D eigenvalue weighted by Gasteiger charge is 1.87. The highest BCUT2D eigenvalue weighted by Crippen LogP contribution is 1.97. The lowest BCUT2D eigenvalue weighted by Crippen LogP contribution is -1.74. The molecule has 70 valence electrons. The smallest absolute Gasteiger partial charge is 0.146 e. The molecular formula is C10H8N2O2. The molecule has 2 heterocycles. The lowest BCUT2D eigenvalue weighted by molar-refractivity contribution is 0.559. The molecular weight excluding hydrogens is 180 g/mol. The van der Waals surface area contributed by atoms with E-state index in [9.17, 15) is 0 Å². The number of rotatable bonds is 3. The van der Waals surface area contributed by atoms with E-state index in [0.29, 0.717) is 11.5 Å². The molecule has 0 unspecified atom stereocenters. The third-order valence-electron chi connectivity index (χ3n) is 1.52. The Bertz CT molecular complexity index is 371. The monoisotopic (exact) mass is 188 g/mol. The highest BCUT2D eigenvalue weighted by atomic mass is 16.3. The molecule has 0 saturated heterocycles. The molecule has 4 heteroatoms. The van der Waals surface area contributed by atoms with Crippen molar-refractivity contribution in [3.63, 3.8) is 0 Å². The Hall–Kier alpha value is -2.10. The van der Waals surface area contributed by atoms with Crippen molar-refractivity contribution >= 4 is 12.4 Å². The molecule has 0 aliphatic heterocycles. The van der Waals surface area contributed by atoms with Gasteiger partial charge in [-0.2, -0.15) is 10.2 Å². The zero-order valence-electron chi connectivity index (χ0n) is 7.33. The lowest BCUT2D eigenvalue weighted by atomic mass is 10.5. The van der Waals surface area contributed by atoms with Gasteiger partial charge >= 0.3 is 0 Å². The lowest BCUT2D eigenvalue weighted by Gasteiger charge is -1.80. The molecule has 2 rings (SSSR count). The van der Waals surface area contributed by atoms with E-state index < -0.39 is 0 Å². The van der Waals surface area contributed by atoms with Crippen LogP contribution in [-0.2, 0) is 0 Å². The number of nitrogens with zero attached hydrogens (tertiary/aromatic N) is 2. The molecule has 0 radical (unpaired) electrons. The Kier molecular flexibility index (Phi) is 2.56. The molecule has 0 atom stereocenters. The van der Waals surface area contributed by atoms with Crippen LogP contribution in [0, 0.1) is 0 Å². The first kappa shape index (κ1) is 8.50. The molecule has 0 fully saturated rings. The maximum Gasteiger partial charge on any atom is 0.146 e. The van der Waals surface area contributed by atoms with Gasteiger partial charge in [0.2, 0.25) is 0 Å². The Morgan fingerprint density at radius 3 is 1.71 bits per heavy atom. The second-order valence-electron chi connectivity index (χ2n) is 2.52. The van der Waals surface area contributed by atoms with E-state index >= 15 is 0 Å². The zero-order chi connectivity index (χ0) is 9.64. The number of furan rings is 2. The Balaban J connectivity index is 1.94. The van der Waals surface area contributed by atoms with Crippen LogP contribution in [0.25, 0.3) is 0 Å². The van der Waals surface area contributed by atoms with Crippen LogP contribution in [0.4, 0.5) is 0 Å². The minimum absolute atomic E-state index is 0.668. The summed E-state index contributed by atoms with van der Waals surface area (Å²) < 4.78 is 10.0. The van der Waals surface area contributed by atoms with Gasteiger partial charge in [-0.1, -0.05) is 0 Å². The molecule has 0 aliphatic carbocycles. The molecule has 2 aromatic rings. The summed E-state index contributed by atoms with van der Waals surface area (Å²) in [5.74, 6) is 1.34. The van der Waals surface area contributed by atoms with Crippen LogP contribution in [0.5, 0.6) is 0 Å². The van der Waals surface area contributed by atoms with E-state index in [1.54, 1.807) is 36.8 Å². The fourth-order valence-electron chi connectivity index (χ4n) is 0.910. The van der Waals surface area contributed by atoms with Crippen LogP contribution in [0.15, 0.2) is 55.8 Å². The molecule has 0 saturated carbocycles. The van der Waals surface area contributed by atoms with Crippen LogP contribution in [-0.4, -0.2) is 12.4 Å². The van der Waals surface area contributed by atoms with Gasteiger partial charge in [-0.25, -0.2) is 0 Å². The predicted molar refractivity (Wildman–Crippen MR) is 52.6 cm³/mol. The van der Waals surface area contributed by atoms with Crippen LogP contribution < -0.4 is 0 Å². The average molecular weight is 188 g/mol. The molecule has 0 aliphatic rings. The van der Waals surface area contributed by atoms with Gasteiger partial charge in [0.05, 0.1) is 25.0 Å². The molecule has 0 amide bonds. The third-order valence-corrected chi connectivity index (χ3v) is 1.52. The zero-order valence-corrected chi connectivity index (χ0v) is 7.33. The second kappa shape index (κ2) is 4.23. The van der Waals surface area contributed by atoms with Crippen molar-refractivity contribution in [1.29, 1.82) is 0 Å². The summed E-state index contributed by atoms with van der Waals surface area (Å²) in [6.07, 6.45) is 6.22. The largest absolute Gasteiger partial charge is 0.463 e. The van der Waals surface area contributed by atoms with Crippen molar-refractivity contribution in [3.05, 3.63) is 48.3 Å². The maximum atomic E-state index is 5.02. The van der Waals surface area contributed by atoms with E-state index in [1.807, 2.05) is 0 Å². The van der Waals surface area contributed by atoms with Crippen molar-refractivity contribution in [1.82, 2.24) is 0 Å². The topological polar surface area (TPSA) is 51.0 Å².